The van der Waals surface area contributed by atoms with Gasteiger partial charge in [-0.3, -0.25) is 0 Å². The summed E-state index contributed by atoms with van der Waals surface area (Å²) in [6.07, 6.45) is 0. The van der Waals surface area contributed by atoms with Gasteiger partial charge in [0.05, 0.1) is 12.9 Å². The van der Waals surface area contributed by atoms with E-state index in [4.69, 9.17) is 9.26 Å². The second kappa shape index (κ2) is 8.71. The summed E-state index contributed by atoms with van der Waals surface area (Å²) in [4.78, 5) is 4.51. The lowest BCUT2D eigenvalue weighted by Gasteiger charge is -2.04. The zero-order valence-electron chi connectivity index (χ0n) is 17.4. The fourth-order valence-electron chi connectivity index (χ4n) is 3.01. The van der Waals surface area contributed by atoms with Gasteiger partial charge in [0.2, 0.25) is 11.7 Å². The highest BCUT2D eigenvalue weighted by Gasteiger charge is 2.14. The number of ether oxygens (including phenoxy) is 1. The number of benzene rings is 2. The minimum atomic E-state index is 0.491. The Morgan fingerprint density at radius 1 is 1.00 bits per heavy atom. The molecule has 0 unspecified atom stereocenters. The summed E-state index contributed by atoms with van der Waals surface area (Å²) < 4.78 is 12.6. The molecule has 0 bridgehead atoms. The average Bonchev–Trinajstić information content (AvgIpc) is 3.39. The molecule has 0 aliphatic carbocycles. The van der Waals surface area contributed by atoms with Crippen molar-refractivity contribution >= 4 is 11.8 Å². The Morgan fingerprint density at radius 3 is 2.37 bits per heavy atom. The van der Waals surface area contributed by atoms with Crippen molar-refractivity contribution in [1.82, 2.24) is 24.9 Å². The van der Waals surface area contributed by atoms with E-state index in [0.29, 0.717) is 23.4 Å². The fourth-order valence-corrected chi connectivity index (χ4v) is 3.75. The normalized spacial score (nSPS) is 11.2. The van der Waals surface area contributed by atoms with Crippen LogP contribution in [0.15, 0.2) is 58.2 Å². The van der Waals surface area contributed by atoms with E-state index in [0.717, 1.165) is 27.9 Å². The molecule has 154 valence electrons. The van der Waals surface area contributed by atoms with Gasteiger partial charge in [0.15, 0.2) is 11.0 Å². The Labute approximate surface area is 179 Å². The Hall–Kier alpha value is -3.13. The Balaban J connectivity index is 1.43. The van der Waals surface area contributed by atoms with Crippen LogP contribution in [-0.4, -0.2) is 32.0 Å². The van der Waals surface area contributed by atoms with Crippen LogP contribution in [0.2, 0.25) is 0 Å². The highest BCUT2D eigenvalue weighted by Crippen LogP contribution is 2.27. The van der Waals surface area contributed by atoms with Gasteiger partial charge in [-0.15, -0.1) is 10.2 Å². The summed E-state index contributed by atoms with van der Waals surface area (Å²) in [7, 11) is 3.59. The van der Waals surface area contributed by atoms with E-state index < -0.39 is 0 Å². The van der Waals surface area contributed by atoms with Gasteiger partial charge < -0.3 is 13.8 Å². The lowest BCUT2D eigenvalue weighted by Crippen LogP contribution is -1.95. The van der Waals surface area contributed by atoms with Crippen molar-refractivity contribution < 1.29 is 9.26 Å². The largest absolute Gasteiger partial charge is 0.497 e. The standard InChI is InChI=1S/C22H23N5O2S/c1-14(2)15-5-7-16(8-6-15)20-23-19(29-26-20)13-30-22-25-24-21(27(22)3)17-9-11-18(28-4)12-10-17/h5-12,14H,13H2,1-4H3. The monoisotopic (exact) mass is 421 g/mol. The fraction of sp³-hybridized carbons (Fsp3) is 0.273. The average molecular weight is 422 g/mol. The molecule has 0 aliphatic heterocycles. The Bertz CT molecular complexity index is 1120. The van der Waals surface area contributed by atoms with E-state index in [1.54, 1.807) is 7.11 Å². The van der Waals surface area contributed by atoms with Crippen LogP contribution in [0.5, 0.6) is 5.75 Å². The maximum atomic E-state index is 5.42. The lowest BCUT2D eigenvalue weighted by atomic mass is 10.0. The maximum Gasteiger partial charge on any atom is 0.237 e. The van der Waals surface area contributed by atoms with Crippen LogP contribution in [0, 0.1) is 0 Å². The molecular formula is C22H23N5O2S. The topological polar surface area (TPSA) is 78.9 Å². The van der Waals surface area contributed by atoms with Crippen LogP contribution < -0.4 is 4.74 Å². The predicted molar refractivity (Wildman–Crippen MR) is 116 cm³/mol. The van der Waals surface area contributed by atoms with Gasteiger partial charge in [-0.25, -0.2) is 0 Å². The first kappa shape index (κ1) is 20.2. The quantitative estimate of drug-likeness (QED) is 0.390. The number of thioether (sulfide) groups is 1. The number of methoxy groups -OCH3 is 1. The number of aromatic nitrogens is 5. The van der Waals surface area contributed by atoms with Gasteiger partial charge in [0, 0.05) is 18.2 Å². The van der Waals surface area contributed by atoms with Crippen molar-refractivity contribution in [2.24, 2.45) is 7.05 Å². The van der Waals surface area contributed by atoms with E-state index in [2.05, 4.69) is 46.3 Å². The smallest absolute Gasteiger partial charge is 0.237 e. The number of hydrogen-bond acceptors (Lipinski definition) is 7. The molecule has 2 aromatic heterocycles. The molecule has 0 amide bonds. The van der Waals surface area contributed by atoms with Crippen molar-refractivity contribution in [3.63, 3.8) is 0 Å². The summed E-state index contributed by atoms with van der Waals surface area (Å²) in [5, 5.41) is 13.5. The molecule has 4 aromatic rings. The van der Waals surface area contributed by atoms with E-state index in [1.165, 1.54) is 17.3 Å². The van der Waals surface area contributed by atoms with Crippen LogP contribution in [-0.2, 0) is 12.8 Å². The molecule has 0 N–H and O–H groups in total. The van der Waals surface area contributed by atoms with E-state index in [-0.39, 0.29) is 0 Å². The van der Waals surface area contributed by atoms with Crippen LogP contribution in [0.3, 0.4) is 0 Å². The molecule has 8 heteroatoms. The molecule has 2 heterocycles. The van der Waals surface area contributed by atoms with E-state index in [9.17, 15) is 0 Å². The minimum absolute atomic E-state index is 0.491. The predicted octanol–water partition coefficient (Wildman–Crippen LogP) is 4.96. The third-order valence-electron chi connectivity index (χ3n) is 4.81. The van der Waals surface area contributed by atoms with Crippen LogP contribution >= 0.6 is 11.8 Å². The summed E-state index contributed by atoms with van der Waals surface area (Å²) in [5.41, 5.74) is 3.20. The molecule has 0 radical (unpaired) electrons. The van der Waals surface area contributed by atoms with Gasteiger partial charge in [-0.05, 0) is 35.7 Å². The van der Waals surface area contributed by atoms with E-state index >= 15 is 0 Å². The maximum absolute atomic E-state index is 5.42. The number of rotatable bonds is 7. The van der Waals surface area contributed by atoms with Crippen LogP contribution in [0.4, 0.5) is 0 Å². The third-order valence-corrected chi connectivity index (χ3v) is 5.82. The first-order chi connectivity index (χ1) is 14.5. The summed E-state index contributed by atoms with van der Waals surface area (Å²) in [5.74, 6) is 3.75. The molecule has 2 aromatic carbocycles. The third kappa shape index (κ3) is 4.23. The molecule has 0 aliphatic rings. The van der Waals surface area contributed by atoms with Crippen LogP contribution in [0.25, 0.3) is 22.8 Å². The van der Waals surface area contributed by atoms with Gasteiger partial charge in [-0.2, -0.15) is 4.98 Å². The van der Waals surface area contributed by atoms with Gasteiger partial charge in [-0.1, -0.05) is 55.0 Å². The first-order valence-electron chi connectivity index (χ1n) is 9.64. The van der Waals surface area contributed by atoms with E-state index in [1.807, 2.05) is 48.0 Å². The molecule has 4 rings (SSSR count). The summed E-state index contributed by atoms with van der Waals surface area (Å²) in [6.45, 7) is 4.34. The SMILES string of the molecule is COc1ccc(-c2nnc(SCc3nc(-c4ccc(C(C)C)cc4)no3)n2C)cc1. The Morgan fingerprint density at radius 2 is 1.70 bits per heavy atom. The molecular weight excluding hydrogens is 398 g/mol. The van der Waals surface area contributed by atoms with Crippen molar-refractivity contribution in [1.29, 1.82) is 0 Å². The van der Waals surface area contributed by atoms with Crippen molar-refractivity contribution in [3.8, 4) is 28.5 Å². The summed E-state index contributed by atoms with van der Waals surface area (Å²) >= 11 is 1.51. The first-order valence-corrected chi connectivity index (χ1v) is 10.6. The van der Waals surface area contributed by atoms with Gasteiger partial charge in [0.1, 0.15) is 5.75 Å². The molecule has 0 fully saturated rings. The summed E-state index contributed by atoms with van der Waals surface area (Å²) in [6, 6.07) is 16.0. The van der Waals surface area contributed by atoms with Crippen molar-refractivity contribution in [3.05, 3.63) is 60.0 Å². The molecule has 0 atom stereocenters. The molecule has 7 nitrogen and oxygen atoms in total. The lowest BCUT2D eigenvalue weighted by molar-refractivity contribution is 0.391. The highest BCUT2D eigenvalue weighted by molar-refractivity contribution is 7.98. The number of hydrogen-bond donors (Lipinski definition) is 0. The van der Waals surface area contributed by atoms with Gasteiger partial charge >= 0.3 is 0 Å². The molecule has 0 saturated carbocycles. The molecule has 0 spiro atoms. The molecule has 0 saturated heterocycles. The highest BCUT2D eigenvalue weighted by atomic mass is 32.2. The zero-order chi connectivity index (χ0) is 21.1. The second-order valence-corrected chi connectivity index (χ2v) is 8.11. The van der Waals surface area contributed by atoms with Crippen molar-refractivity contribution in [2.45, 2.75) is 30.7 Å². The van der Waals surface area contributed by atoms with Gasteiger partial charge in [0.25, 0.3) is 0 Å². The second-order valence-electron chi connectivity index (χ2n) is 7.17. The Kier molecular flexibility index (Phi) is 5.85. The zero-order valence-corrected chi connectivity index (χ0v) is 18.2. The van der Waals surface area contributed by atoms with Crippen molar-refractivity contribution in [2.75, 3.05) is 7.11 Å². The van der Waals surface area contributed by atoms with Crippen LogP contribution in [0.1, 0.15) is 31.2 Å². The number of nitrogens with zero attached hydrogens (tertiary/aromatic N) is 5. The molecule has 30 heavy (non-hydrogen) atoms. The minimum Gasteiger partial charge on any atom is -0.497 e.